The minimum absolute atomic E-state index is 0. The van der Waals surface area contributed by atoms with E-state index in [0.717, 1.165) is 12.0 Å². The van der Waals surface area contributed by atoms with Gasteiger partial charge in [-0.2, -0.15) is 0 Å². The van der Waals surface area contributed by atoms with Crippen LogP contribution in [0.2, 0.25) is 0 Å². The van der Waals surface area contributed by atoms with Gasteiger partial charge in [0.15, 0.2) is 11.5 Å². The van der Waals surface area contributed by atoms with Crippen molar-refractivity contribution in [2.45, 2.75) is 57.7 Å². The van der Waals surface area contributed by atoms with Crippen LogP contribution in [0.5, 0.6) is 0 Å². The van der Waals surface area contributed by atoms with Gasteiger partial charge in [-0.15, -0.1) is 0 Å². The van der Waals surface area contributed by atoms with Crippen molar-refractivity contribution in [3.05, 3.63) is 35.9 Å². The Morgan fingerprint density at radius 1 is 0.972 bits per heavy atom. The summed E-state index contributed by atoms with van der Waals surface area (Å²) in [5.41, 5.74) is 0.750. The molecule has 10 nitrogen and oxygen atoms in total. The van der Waals surface area contributed by atoms with Crippen molar-refractivity contribution in [2.75, 3.05) is 24.8 Å². The Hall–Kier alpha value is -2.60. The van der Waals surface area contributed by atoms with Crippen molar-refractivity contribution in [3.8, 4) is 0 Å². The van der Waals surface area contributed by atoms with E-state index in [-0.39, 0.29) is 71.9 Å². The van der Waals surface area contributed by atoms with Gasteiger partial charge in [-0.1, -0.05) is 37.3 Å². The Labute approximate surface area is 225 Å². The largest absolute Gasteiger partial charge is 1.00 e. The summed E-state index contributed by atoms with van der Waals surface area (Å²) in [7, 11) is -0.105. The summed E-state index contributed by atoms with van der Waals surface area (Å²) in [6.07, 6.45) is 3.54. The molecular formula is C24H36BrN3O7S. The van der Waals surface area contributed by atoms with Crippen molar-refractivity contribution >= 4 is 40.6 Å². The molecule has 0 radical (unpaired) electrons. The normalized spacial score (nSPS) is 12.0. The van der Waals surface area contributed by atoms with Crippen molar-refractivity contribution < 1.29 is 50.8 Å². The molecule has 12 heteroatoms. The molecule has 0 aliphatic carbocycles. The number of amides is 3. The third-order valence-electron chi connectivity index (χ3n) is 4.83. The van der Waals surface area contributed by atoms with Crippen LogP contribution in [0.1, 0.15) is 44.6 Å². The Bertz CT molecular complexity index is 855. The maximum Gasteiger partial charge on any atom is 0.408 e. The van der Waals surface area contributed by atoms with E-state index in [1.165, 1.54) is 0 Å². The first-order valence-corrected chi connectivity index (χ1v) is 13.7. The molecule has 1 rings (SSSR count). The summed E-state index contributed by atoms with van der Waals surface area (Å²) in [4.78, 5) is 60.8. The Morgan fingerprint density at radius 2 is 1.61 bits per heavy atom. The maximum absolute atomic E-state index is 12.9. The van der Waals surface area contributed by atoms with E-state index < -0.39 is 30.1 Å². The molecule has 36 heavy (non-hydrogen) atoms. The molecule has 0 heterocycles. The van der Waals surface area contributed by atoms with Crippen molar-refractivity contribution in [3.63, 3.8) is 0 Å². The van der Waals surface area contributed by atoms with Crippen LogP contribution in [0.15, 0.2) is 30.3 Å². The lowest BCUT2D eigenvalue weighted by Gasteiger charge is -2.21. The summed E-state index contributed by atoms with van der Waals surface area (Å²) < 4.78 is 5.16. The Balaban J connectivity index is 0.0000122. The molecule has 2 atom stereocenters. The van der Waals surface area contributed by atoms with Crippen LogP contribution in [-0.2, 0) is 41.4 Å². The zero-order chi connectivity index (χ0) is 26.2. The Kier molecular flexibility index (Phi) is 17.3. The second-order valence-corrected chi connectivity index (χ2v) is 10.5. The smallest absolute Gasteiger partial charge is 0.408 e. The molecule has 0 aromatic heterocycles. The first kappa shape index (κ1) is 33.4. The number of halogens is 1. The van der Waals surface area contributed by atoms with E-state index in [0.29, 0.717) is 12.3 Å². The van der Waals surface area contributed by atoms with Crippen LogP contribution in [0.25, 0.3) is 0 Å². The minimum Gasteiger partial charge on any atom is -1.00 e. The predicted octanol–water partition coefficient (Wildman–Crippen LogP) is -1.61. The van der Waals surface area contributed by atoms with Gasteiger partial charge in [0, 0.05) is 19.4 Å². The number of aliphatic carboxylic acids is 1. The monoisotopic (exact) mass is 589 g/mol. The number of hydrogen-bond acceptors (Lipinski definition) is 6. The number of alkyl carbamates (subject to hydrolysis) is 1. The van der Waals surface area contributed by atoms with Gasteiger partial charge in [-0.25, -0.2) is 9.59 Å². The average Bonchev–Trinajstić information content (AvgIpc) is 2.81. The van der Waals surface area contributed by atoms with Gasteiger partial charge in [-0.3, -0.25) is 14.4 Å². The molecule has 0 saturated carbocycles. The summed E-state index contributed by atoms with van der Waals surface area (Å²) in [6, 6.07) is 6.45. The van der Waals surface area contributed by atoms with E-state index >= 15 is 0 Å². The average molecular weight is 591 g/mol. The molecule has 202 valence electrons. The molecule has 0 saturated heterocycles. The third-order valence-corrected chi connectivity index (χ3v) is 5.73. The zero-order valence-corrected chi connectivity index (χ0v) is 23.3. The van der Waals surface area contributed by atoms with Crippen LogP contribution in [0.3, 0.4) is 0 Å². The number of carbonyl (C=O) groups excluding carboxylic acids is 4. The highest BCUT2D eigenvalue weighted by molar-refractivity contribution is 7.96. The molecule has 1 aromatic rings. The first-order chi connectivity index (χ1) is 16.6. The van der Waals surface area contributed by atoms with E-state index in [2.05, 4.69) is 16.0 Å². The van der Waals surface area contributed by atoms with Crippen molar-refractivity contribution in [1.29, 1.82) is 0 Å². The van der Waals surface area contributed by atoms with Gasteiger partial charge in [0.05, 0.1) is 12.5 Å². The van der Waals surface area contributed by atoms with Crippen LogP contribution < -0.4 is 32.9 Å². The summed E-state index contributed by atoms with van der Waals surface area (Å²) >= 11 is 0. The quantitative estimate of drug-likeness (QED) is 0.169. The highest BCUT2D eigenvalue weighted by atomic mass is 79.9. The fourth-order valence-electron chi connectivity index (χ4n) is 3.03. The fraction of sp³-hybridized carbons (Fsp3) is 0.542. The molecule has 4 N–H and O–H groups in total. The summed E-state index contributed by atoms with van der Waals surface area (Å²) in [5, 5.41) is 17.0. The second-order valence-electron chi connectivity index (χ2n) is 8.25. The number of hydrogen-bond donors (Lipinski definition) is 4. The highest BCUT2D eigenvalue weighted by Gasteiger charge is 2.28. The number of rotatable bonds is 16. The standard InChI is InChI=1S/C24H35N3O7S.BrH/c1-4-14-25-21(29)13-12-19(27-24(33)34-15-17-8-6-5-7-9-17)22(30)26-20(23(31)32)11-10-18(28)16-35(2)3;/h5-9,19-20H,4,10-16H2,1-3H3,(H3-,25,26,27,29,30,31,32,33);1H. The first-order valence-electron chi connectivity index (χ1n) is 11.4. The summed E-state index contributed by atoms with van der Waals surface area (Å²) in [5.74, 6) is -2.07. The lowest BCUT2D eigenvalue weighted by Crippen LogP contribution is -3.00. The van der Waals surface area contributed by atoms with Gasteiger partial charge in [0.1, 0.15) is 18.7 Å². The second kappa shape index (κ2) is 18.6. The topological polar surface area (TPSA) is 151 Å². The van der Waals surface area contributed by atoms with Gasteiger partial charge in [0.2, 0.25) is 11.8 Å². The predicted molar refractivity (Wildman–Crippen MR) is 134 cm³/mol. The van der Waals surface area contributed by atoms with E-state index in [1.54, 1.807) is 24.3 Å². The van der Waals surface area contributed by atoms with E-state index in [9.17, 15) is 29.1 Å². The Morgan fingerprint density at radius 3 is 2.19 bits per heavy atom. The van der Waals surface area contributed by atoms with Gasteiger partial charge < -0.3 is 42.8 Å². The van der Waals surface area contributed by atoms with E-state index in [4.69, 9.17) is 4.74 Å². The molecule has 0 spiro atoms. The molecule has 0 aliphatic rings. The zero-order valence-electron chi connectivity index (χ0n) is 20.9. The molecule has 2 unspecified atom stereocenters. The lowest BCUT2D eigenvalue weighted by atomic mass is 10.1. The van der Waals surface area contributed by atoms with Crippen LogP contribution in [0, 0.1) is 0 Å². The third kappa shape index (κ3) is 14.7. The van der Waals surface area contributed by atoms with Gasteiger partial charge >= 0.3 is 12.1 Å². The number of carbonyl (C=O) groups is 5. The minimum atomic E-state index is -1.31. The number of nitrogens with one attached hydrogen (secondary N) is 3. The SMILES string of the molecule is CCCNC(=O)CCC(NC(=O)OCc1ccccc1)C(=O)NC(CCC(=O)C[S+](C)C)C(=O)O.[Br-]. The van der Waals surface area contributed by atoms with E-state index in [1.807, 2.05) is 25.5 Å². The van der Waals surface area contributed by atoms with Crippen LogP contribution >= 0.6 is 0 Å². The molecule has 3 amide bonds. The van der Waals surface area contributed by atoms with Crippen molar-refractivity contribution in [2.24, 2.45) is 0 Å². The molecule has 0 fully saturated rings. The summed E-state index contributed by atoms with van der Waals surface area (Å²) in [6.45, 7) is 2.36. The fourth-order valence-corrected chi connectivity index (χ4v) is 3.82. The number of Topliss-reactive ketones (excluding diaryl/α,β-unsaturated/α-hetero) is 1. The lowest BCUT2D eigenvalue weighted by molar-refractivity contribution is -0.142. The van der Waals surface area contributed by atoms with Gasteiger partial charge in [0.25, 0.3) is 0 Å². The number of carboxylic acid groups (broad SMARTS) is 1. The number of ether oxygens (including phenoxy) is 1. The number of ketones is 1. The number of benzene rings is 1. The molecule has 0 aliphatic heterocycles. The highest BCUT2D eigenvalue weighted by Crippen LogP contribution is 2.06. The van der Waals surface area contributed by atoms with Crippen molar-refractivity contribution in [1.82, 2.24) is 16.0 Å². The maximum atomic E-state index is 12.9. The number of carboxylic acids is 1. The molecular weight excluding hydrogens is 554 g/mol. The van der Waals surface area contributed by atoms with Gasteiger partial charge in [-0.05, 0) is 35.7 Å². The van der Waals surface area contributed by atoms with Crippen LogP contribution in [-0.4, -0.2) is 71.7 Å². The van der Waals surface area contributed by atoms with Crippen LogP contribution in [0.4, 0.5) is 4.79 Å². The molecule has 0 bridgehead atoms. The molecule has 1 aromatic carbocycles.